The van der Waals surface area contributed by atoms with E-state index in [9.17, 15) is 30.7 Å². The molecule has 2 nitrogen and oxygen atoms in total. The van der Waals surface area contributed by atoms with E-state index in [1.165, 1.54) is 0 Å². The van der Waals surface area contributed by atoms with Gasteiger partial charge in [-0.1, -0.05) is 0 Å². The Hall–Kier alpha value is -0.570. The molecule has 0 aromatic heterocycles. The summed E-state index contributed by atoms with van der Waals surface area (Å²) >= 11 is 0. The molecule has 9 heteroatoms. The molecule has 0 heterocycles. The molecule has 0 spiro atoms. The van der Waals surface area contributed by atoms with Gasteiger partial charge in [-0.2, -0.15) is 22.0 Å². The standard InChI is InChI=1S/C8H12F7NO/c9-6(10)7(11,12)4-16-2-1-3-17-5-8(13,14)15/h6,16H,1-5H2. The van der Waals surface area contributed by atoms with Crippen LogP contribution in [0.25, 0.3) is 0 Å². The van der Waals surface area contributed by atoms with E-state index in [2.05, 4.69) is 4.74 Å². The van der Waals surface area contributed by atoms with Gasteiger partial charge in [-0.3, -0.25) is 0 Å². The molecule has 17 heavy (non-hydrogen) atoms. The maximum atomic E-state index is 12.3. The lowest BCUT2D eigenvalue weighted by Gasteiger charge is -2.15. The van der Waals surface area contributed by atoms with E-state index in [0.29, 0.717) is 0 Å². The van der Waals surface area contributed by atoms with Crippen molar-refractivity contribution in [3.63, 3.8) is 0 Å². The zero-order valence-electron chi connectivity index (χ0n) is 8.67. The van der Waals surface area contributed by atoms with Gasteiger partial charge < -0.3 is 10.1 Å². The quantitative estimate of drug-likeness (QED) is 0.541. The Bertz CT molecular complexity index is 207. The van der Waals surface area contributed by atoms with Gasteiger partial charge in [-0.25, -0.2) is 8.78 Å². The van der Waals surface area contributed by atoms with Gasteiger partial charge in [-0.15, -0.1) is 0 Å². The van der Waals surface area contributed by atoms with Gasteiger partial charge in [0.2, 0.25) is 0 Å². The number of hydrogen-bond acceptors (Lipinski definition) is 2. The normalized spacial score (nSPS) is 13.4. The van der Waals surface area contributed by atoms with Crippen LogP contribution in [0.15, 0.2) is 0 Å². The fraction of sp³-hybridized carbons (Fsp3) is 1.00. The minimum absolute atomic E-state index is 0.0232. The summed E-state index contributed by atoms with van der Waals surface area (Å²) in [6, 6.07) is 0. The zero-order valence-corrected chi connectivity index (χ0v) is 8.67. The largest absolute Gasteiger partial charge is 0.411 e. The fourth-order valence-corrected chi connectivity index (χ4v) is 0.819. The van der Waals surface area contributed by atoms with Gasteiger partial charge in [0.1, 0.15) is 6.61 Å². The molecule has 0 aromatic rings. The number of rotatable bonds is 8. The minimum atomic E-state index is -4.43. The van der Waals surface area contributed by atoms with E-state index < -0.39 is 31.7 Å². The number of nitrogens with one attached hydrogen (secondary N) is 1. The summed E-state index contributed by atoms with van der Waals surface area (Å²) in [4.78, 5) is 0. The van der Waals surface area contributed by atoms with Gasteiger partial charge in [0, 0.05) is 6.61 Å². The SMILES string of the molecule is FC(F)C(F)(F)CNCCCOCC(F)(F)F. The van der Waals surface area contributed by atoms with E-state index >= 15 is 0 Å². The van der Waals surface area contributed by atoms with Crippen LogP contribution in [0.3, 0.4) is 0 Å². The highest BCUT2D eigenvalue weighted by atomic mass is 19.4. The molecule has 0 aliphatic carbocycles. The molecule has 0 unspecified atom stereocenters. The maximum absolute atomic E-state index is 12.3. The number of ether oxygens (including phenoxy) is 1. The van der Waals surface area contributed by atoms with Crippen LogP contribution in [0.4, 0.5) is 30.7 Å². The summed E-state index contributed by atoms with van der Waals surface area (Å²) in [5, 5.41) is 2.01. The van der Waals surface area contributed by atoms with Crippen LogP contribution in [0.1, 0.15) is 6.42 Å². The highest BCUT2D eigenvalue weighted by molar-refractivity contribution is 4.71. The van der Waals surface area contributed by atoms with E-state index in [1.54, 1.807) is 0 Å². The third-order valence-electron chi connectivity index (χ3n) is 1.59. The molecular weight excluding hydrogens is 259 g/mol. The van der Waals surface area contributed by atoms with Crippen LogP contribution < -0.4 is 5.32 Å². The first-order valence-electron chi connectivity index (χ1n) is 4.66. The first kappa shape index (κ1) is 16.4. The number of halogens is 7. The summed E-state index contributed by atoms with van der Waals surface area (Å²) in [6.45, 7) is -3.04. The van der Waals surface area contributed by atoms with E-state index in [-0.39, 0.29) is 19.6 Å². The summed E-state index contributed by atoms with van der Waals surface area (Å²) in [5.74, 6) is -4.13. The lowest BCUT2D eigenvalue weighted by atomic mass is 10.3. The lowest BCUT2D eigenvalue weighted by Crippen LogP contribution is -2.39. The minimum Gasteiger partial charge on any atom is -0.372 e. The average molecular weight is 271 g/mol. The third kappa shape index (κ3) is 9.16. The van der Waals surface area contributed by atoms with Gasteiger partial charge in [0.15, 0.2) is 0 Å². The van der Waals surface area contributed by atoms with Gasteiger partial charge >= 0.3 is 18.5 Å². The molecule has 104 valence electrons. The van der Waals surface area contributed by atoms with Crippen molar-refractivity contribution in [1.29, 1.82) is 0 Å². The van der Waals surface area contributed by atoms with E-state index in [1.807, 2.05) is 5.32 Å². The van der Waals surface area contributed by atoms with Crippen LogP contribution >= 0.6 is 0 Å². The second kappa shape index (κ2) is 7.00. The molecule has 1 N–H and O–H groups in total. The fourth-order valence-electron chi connectivity index (χ4n) is 0.819. The Morgan fingerprint density at radius 3 is 2.12 bits per heavy atom. The monoisotopic (exact) mass is 271 g/mol. The van der Waals surface area contributed by atoms with Crippen LogP contribution in [0.2, 0.25) is 0 Å². The van der Waals surface area contributed by atoms with Crippen molar-refractivity contribution in [1.82, 2.24) is 5.32 Å². The molecule has 0 aliphatic heterocycles. The Kier molecular flexibility index (Phi) is 6.76. The second-order valence-corrected chi connectivity index (χ2v) is 3.26. The van der Waals surface area contributed by atoms with Crippen molar-refractivity contribution < 1.29 is 35.5 Å². The molecule has 0 atom stereocenters. The Balaban J connectivity index is 3.42. The summed E-state index contributed by atoms with van der Waals surface area (Å²) < 4.78 is 86.7. The van der Waals surface area contributed by atoms with Crippen molar-refractivity contribution in [3.05, 3.63) is 0 Å². The van der Waals surface area contributed by atoms with Crippen molar-refractivity contribution in [3.8, 4) is 0 Å². The predicted molar refractivity (Wildman–Crippen MR) is 45.3 cm³/mol. The molecule has 0 aromatic carbocycles. The smallest absolute Gasteiger partial charge is 0.372 e. The topological polar surface area (TPSA) is 21.3 Å². The molecule has 0 radical (unpaired) electrons. The molecular formula is C8H12F7NO. The number of hydrogen-bond donors (Lipinski definition) is 1. The van der Waals surface area contributed by atoms with Gasteiger partial charge in [0.05, 0.1) is 6.54 Å². The average Bonchev–Trinajstić information content (AvgIpc) is 2.14. The van der Waals surface area contributed by atoms with Crippen LogP contribution in [0, 0.1) is 0 Å². The maximum Gasteiger partial charge on any atom is 0.411 e. The molecule has 0 saturated heterocycles. The van der Waals surface area contributed by atoms with Crippen molar-refractivity contribution in [2.75, 3.05) is 26.3 Å². The van der Waals surface area contributed by atoms with E-state index in [4.69, 9.17) is 0 Å². The van der Waals surface area contributed by atoms with Gasteiger partial charge in [-0.05, 0) is 13.0 Å². The molecule has 0 saturated carbocycles. The predicted octanol–water partition coefficient (Wildman–Crippen LogP) is 2.45. The van der Waals surface area contributed by atoms with Crippen LogP contribution in [0.5, 0.6) is 0 Å². The Labute approximate surface area is 93.1 Å². The Morgan fingerprint density at radius 2 is 1.65 bits per heavy atom. The summed E-state index contributed by atoms with van der Waals surface area (Å²) in [6.07, 6.45) is -8.18. The second-order valence-electron chi connectivity index (χ2n) is 3.26. The van der Waals surface area contributed by atoms with Crippen LogP contribution in [-0.2, 0) is 4.74 Å². The summed E-state index contributed by atoms with van der Waals surface area (Å²) in [7, 11) is 0. The molecule has 0 amide bonds. The number of alkyl halides is 7. The van der Waals surface area contributed by atoms with E-state index in [0.717, 1.165) is 0 Å². The highest BCUT2D eigenvalue weighted by Crippen LogP contribution is 2.21. The first-order valence-corrected chi connectivity index (χ1v) is 4.66. The third-order valence-corrected chi connectivity index (χ3v) is 1.59. The van der Waals surface area contributed by atoms with Gasteiger partial charge in [0.25, 0.3) is 0 Å². The van der Waals surface area contributed by atoms with Crippen LogP contribution in [-0.4, -0.2) is 44.8 Å². The molecule has 0 bridgehead atoms. The van der Waals surface area contributed by atoms with Crippen molar-refractivity contribution >= 4 is 0 Å². The summed E-state index contributed by atoms with van der Waals surface area (Å²) in [5.41, 5.74) is 0. The van der Waals surface area contributed by atoms with Crippen molar-refractivity contribution in [2.24, 2.45) is 0 Å². The Morgan fingerprint density at radius 1 is 1.06 bits per heavy atom. The molecule has 0 aliphatic rings. The lowest BCUT2D eigenvalue weighted by molar-refractivity contribution is -0.174. The highest BCUT2D eigenvalue weighted by Gasteiger charge is 2.39. The van der Waals surface area contributed by atoms with Crippen molar-refractivity contribution in [2.45, 2.75) is 24.9 Å². The first-order chi connectivity index (χ1) is 7.65. The molecule has 0 fully saturated rings. The zero-order chi connectivity index (χ0) is 13.5. The molecule has 0 rings (SSSR count).